The van der Waals surface area contributed by atoms with Crippen LogP contribution in [-0.4, -0.2) is 18.8 Å². The average molecular weight is 188 g/mol. The Balaban J connectivity index is 2.83. The lowest BCUT2D eigenvalue weighted by Gasteiger charge is -2.16. The molecule has 1 aliphatic carbocycles. The molecule has 0 aromatic rings. The number of nitrogens with two attached hydrogens (primary N) is 2. The minimum absolute atomic E-state index is 0.0519. The summed E-state index contributed by atoms with van der Waals surface area (Å²) in [4.78, 5) is 0. The SMILES string of the molecule is COC1(/C(F)=C(/C)N)CC1C(C)N. The number of hydrogen-bond donors (Lipinski definition) is 2. The second-order valence-electron chi connectivity index (χ2n) is 3.76. The molecule has 3 nitrogen and oxygen atoms in total. The molecule has 0 bridgehead atoms. The maximum absolute atomic E-state index is 13.6. The molecule has 0 saturated heterocycles. The Morgan fingerprint density at radius 3 is 2.46 bits per heavy atom. The fraction of sp³-hybridized carbons (Fsp3) is 0.778. The maximum atomic E-state index is 13.6. The van der Waals surface area contributed by atoms with Crippen molar-refractivity contribution >= 4 is 0 Å². The third kappa shape index (κ3) is 1.56. The normalized spacial score (nSPS) is 36.8. The summed E-state index contributed by atoms with van der Waals surface area (Å²) in [5.41, 5.74) is 10.4. The second-order valence-corrected chi connectivity index (χ2v) is 3.76. The van der Waals surface area contributed by atoms with Crippen LogP contribution in [0.2, 0.25) is 0 Å². The monoisotopic (exact) mass is 188 g/mol. The van der Waals surface area contributed by atoms with E-state index in [1.807, 2.05) is 6.92 Å². The summed E-state index contributed by atoms with van der Waals surface area (Å²) in [6.07, 6.45) is 0.627. The topological polar surface area (TPSA) is 61.3 Å². The molecule has 4 heteroatoms. The smallest absolute Gasteiger partial charge is 0.150 e. The zero-order valence-corrected chi connectivity index (χ0v) is 8.30. The van der Waals surface area contributed by atoms with Gasteiger partial charge in [0.2, 0.25) is 0 Å². The highest BCUT2D eigenvalue weighted by molar-refractivity contribution is 5.28. The third-order valence-electron chi connectivity index (χ3n) is 2.68. The Morgan fingerprint density at radius 2 is 2.23 bits per heavy atom. The highest BCUT2D eigenvalue weighted by Crippen LogP contribution is 2.53. The molecule has 0 aromatic carbocycles. The number of halogens is 1. The van der Waals surface area contributed by atoms with E-state index in [-0.39, 0.29) is 23.5 Å². The van der Waals surface area contributed by atoms with Crippen molar-refractivity contribution in [2.45, 2.75) is 31.9 Å². The Morgan fingerprint density at radius 1 is 1.69 bits per heavy atom. The molecule has 1 rings (SSSR count). The summed E-state index contributed by atoms with van der Waals surface area (Å²) in [5, 5.41) is 0. The Bertz CT molecular complexity index is 236. The lowest BCUT2D eigenvalue weighted by Crippen LogP contribution is -2.28. The van der Waals surface area contributed by atoms with Gasteiger partial charge in [-0.1, -0.05) is 0 Å². The molecule has 4 N–H and O–H groups in total. The second kappa shape index (κ2) is 3.27. The van der Waals surface area contributed by atoms with Crippen molar-refractivity contribution in [3.63, 3.8) is 0 Å². The van der Waals surface area contributed by atoms with Crippen LogP contribution in [0, 0.1) is 5.92 Å². The first kappa shape index (κ1) is 10.5. The van der Waals surface area contributed by atoms with Crippen LogP contribution in [0.3, 0.4) is 0 Å². The summed E-state index contributed by atoms with van der Waals surface area (Å²) in [5.74, 6) is -0.312. The average Bonchev–Trinajstić information content (AvgIpc) is 2.78. The van der Waals surface area contributed by atoms with Crippen molar-refractivity contribution in [2.75, 3.05) is 7.11 Å². The molecule has 0 heterocycles. The van der Waals surface area contributed by atoms with Gasteiger partial charge in [0, 0.05) is 24.8 Å². The van der Waals surface area contributed by atoms with Crippen molar-refractivity contribution in [3.05, 3.63) is 11.5 Å². The van der Waals surface area contributed by atoms with Crippen LogP contribution in [0.5, 0.6) is 0 Å². The van der Waals surface area contributed by atoms with Crippen LogP contribution < -0.4 is 11.5 Å². The molecule has 1 aliphatic rings. The zero-order chi connectivity index (χ0) is 10.2. The molecule has 1 fully saturated rings. The van der Waals surface area contributed by atoms with E-state index >= 15 is 0 Å². The number of ether oxygens (including phenoxy) is 1. The molecule has 0 aromatic heterocycles. The van der Waals surface area contributed by atoms with E-state index in [2.05, 4.69) is 0 Å². The van der Waals surface area contributed by atoms with Crippen LogP contribution >= 0.6 is 0 Å². The minimum atomic E-state index is -0.826. The Hall–Kier alpha value is -0.610. The van der Waals surface area contributed by atoms with Crippen LogP contribution in [0.15, 0.2) is 11.5 Å². The summed E-state index contributed by atoms with van der Waals surface area (Å²) < 4.78 is 18.7. The predicted octanol–water partition coefficient (Wildman–Crippen LogP) is 0.898. The van der Waals surface area contributed by atoms with Gasteiger partial charge in [0.25, 0.3) is 0 Å². The fourth-order valence-corrected chi connectivity index (χ4v) is 1.79. The summed E-state index contributed by atoms with van der Waals surface area (Å²) in [6, 6.07) is -0.0648. The van der Waals surface area contributed by atoms with Gasteiger partial charge in [-0.3, -0.25) is 0 Å². The van der Waals surface area contributed by atoms with Crippen molar-refractivity contribution in [1.29, 1.82) is 0 Å². The van der Waals surface area contributed by atoms with Crippen LogP contribution in [0.25, 0.3) is 0 Å². The molecule has 76 valence electrons. The van der Waals surface area contributed by atoms with Gasteiger partial charge in [-0.25, -0.2) is 4.39 Å². The van der Waals surface area contributed by atoms with Gasteiger partial charge >= 0.3 is 0 Å². The third-order valence-corrected chi connectivity index (χ3v) is 2.68. The first-order chi connectivity index (χ1) is 5.95. The van der Waals surface area contributed by atoms with Crippen LogP contribution in [0.1, 0.15) is 20.3 Å². The molecule has 0 spiro atoms. The van der Waals surface area contributed by atoms with E-state index < -0.39 is 5.60 Å². The van der Waals surface area contributed by atoms with Crippen molar-refractivity contribution in [2.24, 2.45) is 17.4 Å². The number of methoxy groups -OCH3 is 1. The zero-order valence-electron chi connectivity index (χ0n) is 8.30. The summed E-state index contributed by atoms with van der Waals surface area (Å²) in [7, 11) is 1.49. The lowest BCUT2D eigenvalue weighted by atomic mass is 10.1. The highest BCUT2D eigenvalue weighted by atomic mass is 19.1. The standard InChI is InChI=1S/C9H17FN2O/c1-5(11)7-4-9(7,13-3)8(10)6(2)12/h5,7H,4,11-12H2,1-3H3/b8-6+. The molecular weight excluding hydrogens is 171 g/mol. The van der Waals surface area contributed by atoms with Crippen molar-refractivity contribution in [3.8, 4) is 0 Å². The van der Waals surface area contributed by atoms with Gasteiger partial charge in [-0.05, 0) is 20.3 Å². The highest BCUT2D eigenvalue weighted by Gasteiger charge is 2.60. The molecule has 0 radical (unpaired) electrons. The fourth-order valence-electron chi connectivity index (χ4n) is 1.79. The van der Waals surface area contributed by atoms with E-state index in [0.29, 0.717) is 6.42 Å². The number of hydrogen-bond acceptors (Lipinski definition) is 3. The summed E-state index contributed by atoms with van der Waals surface area (Å²) >= 11 is 0. The van der Waals surface area contributed by atoms with E-state index in [1.54, 1.807) is 0 Å². The minimum Gasteiger partial charge on any atom is -0.400 e. The van der Waals surface area contributed by atoms with Crippen molar-refractivity contribution in [1.82, 2.24) is 0 Å². The van der Waals surface area contributed by atoms with E-state index in [1.165, 1.54) is 14.0 Å². The molecule has 0 aliphatic heterocycles. The number of rotatable bonds is 3. The molecule has 13 heavy (non-hydrogen) atoms. The van der Waals surface area contributed by atoms with Crippen molar-refractivity contribution < 1.29 is 9.13 Å². The van der Waals surface area contributed by atoms with E-state index in [0.717, 1.165) is 0 Å². The van der Waals surface area contributed by atoms with Gasteiger partial charge in [0.15, 0.2) is 5.83 Å². The Kier molecular flexibility index (Phi) is 2.63. The van der Waals surface area contributed by atoms with Gasteiger partial charge < -0.3 is 16.2 Å². The van der Waals surface area contributed by atoms with E-state index in [4.69, 9.17) is 16.2 Å². The van der Waals surface area contributed by atoms with Gasteiger partial charge in [-0.2, -0.15) is 0 Å². The molecule has 3 unspecified atom stereocenters. The van der Waals surface area contributed by atoms with Crippen LogP contribution in [0.4, 0.5) is 4.39 Å². The largest absolute Gasteiger partial charge is 0.400 e. The van der Waals surface area contributed by atoms with E-state index in [9.17, 15) is 4.39 Å². The Labute approximate surface area is 77.9 Å². The first-order valence-electron chi connectivity index (χ1n) is 4.38. The predicted molar refractivity (Wildman–Crippen MR) is 49.5 cm³/mol. The quantitative estimate of drug-likeness (QED) is 0.691. The van der Waals surface area contributed by atoms with Gasteiger partial charge in [0.05, 0.1) is 0 Å². The van der Waals surface area contributed by atoms with Gasteiger partial charge in [-0.15, -0.1) is 0 Å². The first-order valence-corrected chi connectivity index (χ1v) is 4.38. The molecular formula is C9H17FN2O. The number of allylic oxidation sites excluding steroid dienone is 1. The molecule has 1 saturated carbocycles. The molecule has 3 atom stereocenters. The molecule has 0 amide bonds. The van der Waals surface area contributed by atoms with Crippen LogP contribution in [-0.2, 0) is 4.74 Å². The summed E-state index contributed by atoms with van der Waals surface area (Å²) in [6.45, 7) is 3.39. The van der Waals surface area contributed by atoms with Gasteiger partial charge in [0.1, 0.15) is 5.60 Å². The maximum Gasteiger partial charge on any atom is 0.150 e. The lowest BCUT2D eigenvalue weighted by molar-refractivity contribution is 0.0723.